The van der Waals surface area contributed by atoms with Gasteiger partial charge in [-0.3, -0.25) is 10.1 Å². The number of nitrogens with zero attached hydrogens (tertiary/aromatic N) is 2. The van der Waals surface area contributed by atoms with Crippen LogP contribution in [-0.2, 0) is 0 Å². The highest BCUT2D eigenvalue weighted by Crippen LogP contribution is 2.16. The maximum atomic E-state index is 10.6. The zero-order valence-corrected chi connectivity index (χ0v) is 7.08. The minimum atomic E-state index is -0.834. The van der Waals surface area contributed by atoms with E-state index in [2.05, 4.69) is 0 Å². The van der Waals surface area contributed by atoms with Gasteiger partial charge in [-0.05, 0) is 12.1 Å². The molecule has 0 spiro atoms. The zero-order chi connectivity index (χ0) is 10.7. The Morgan fingerprint density at radius 1 is 1.36 bits per heavy atom. The van der Waals surface area contributed by atoms with Crippen molar-refractivity contribution in [2.24, 2.45) is 11.6 Å². The molecule has 0 unspecified atom stereocenters. The van der Waals surface area contributed by atoms with Crippen LogP contribution in [0.25, 0.3) is 0 Å². The lowest BCUT2D eigenvalue weighted by Crippen LogP contribution is -2.41. The average molecular weight is 196 g/mol. The summed E-state index contributed by atoms with van der Waals surface area (Å²) in [5, 5.41) is 11.0. The fourth-order valence-electron chi connectivity index (χ4n) is 0.862. The lowest BCUT2D eigenvalue weighted by Gasteiger charge is -2.12. The summed E-state index contributed by atoms with van der Waals surface area (Å²) in [6, 6.07) is 4.31. The maximum Gasteiger partial charge on any atom is 0.333 e. The van der Waals surface area contributed by atoms with E-state index in [-0.39, 0.29) is 5.69 Å². The van der Waals surface area contributed by atoms with E-state index in [1.54, 1.807) is 0 Å². The number of benzene rings is 1. The van der Waals surface area contributed by atoms with Crippen molar-refractivity contribution >= 4 is 17.4 Å². The fourth-order valence-corrected chi connectivity index (χ4v) is 0.862. The third-order valence-corrected chi connectivity index (χ3v) is 1.58. The Labute approximate surface area is 79.0 Å². The van der Waals surface area contributed by atoms with Crippen LogP contribution in [0.4, 0.5) is 16.2 Å². The molecule has 74 valence electrons. The Morgan fingerprint density at radius 2 is 1.86 bits per heavy atom. The van der Waals surface area contributed by atoms with E-state index in [0.717, 1.165) is 0 Å². The number of carbonyl (C=O) groups is 1. The first kappa shape index (κ1) is 9.93. The second-order valence-electron chi connectivity index (χ2n) is 2.48. The molecule has 0 aromatic heterocycles. The quantitative estimate of drug-likeness (QED) is 0.307. The number of rotatable bonds is 2. The number of nitro benzene ring substituents is 1. The number of carbonyl (C=O) groups excluding carboxylic acids is 1. The first-order valence-electron chi connectivity index (χ1n) is 3.61. The van der Waals surface area contributed by atoms with Gasteiger partial charge in [0.25, 0.3) is 5.69 Å². The van der Waals surface area contributed by atoms with Crippen LogP contribution in [0, 0.1) is 10.1 Å². The lowest BCUT2D eigenvalue weighted by atomic mass is 10.3. The lowest BCUT2D eigenvalue weighted by molar-refractivity contribution is -0.384. The van der Waals surface area contributed by atoms with Gasteiger partial charge in [-0.2, -0.15) is 0 Å². The van der Waals surface area contributed by atoms with E-state index in [1.807, 2.05) is 0 Å². The van der Waals surface area contributed by atoms with Crippen LogP contribution in [0.15, 0.2) is 24.3 Å². The van der Waals surface area contributed by atoms with E-state index in [4.69, 9.17) is 11.6 Å². The van der Waals surface area contributed by atoms with Gasteiger partial charge >= 0.3 is 6.03 Å². The minimum absolute atomic E-state index is 0.0772. The summed E-state index contributed by atoms with van der Waals surface area (Å²) >= 11 is 0. The molecule has 2 amide bonds. The molecular weight excluding hydrogens is 188 g/mol. The molecule has 7 nitrogen and oxygen atoms in total. The van der Waals surface area contributed by atoms with E-state index >= 15 is 0 Å². The molecular formula is C7H8N4O3. The Balaban J connectivity index is 2.94. The fraction of sp³-hybridized carbons (Fsp3) is 0. The number of amides is 2. The molecule has 0 aliphatic rings. The predicted octanol–water partition coefficient (Wildman–Crippen LogP) is 0.354. The Bertz CT molecular complexity index is 362. The SMILES string of the molecule is NC(=O)N(N)c1ccc([N+](=O)[O-])cc1. The van der Waals surface area contributed by atoms with E-state index < -0.39 is 11.0 Å². The minimum Gasteiger partial charge on any atom is -0.350 e. The standard InChI is InChI=1S/C7H8N4O3/c8-7(12)10(9)5-1-3-6(4-2-5)11(13)14/h1-4H,9H2,(H2,8,12). The number of hydrogen-bond donors (Lipinski definition) is 2. The Hall–Kier alpha value is -2.15. The molecule has 0 atom stereocenters. The van der Waals surface area contributed by atoms with Crippen molar-refractivity contribution in [1.82, 2.24) is 0 Å². The summed E-state index contributed by atoms with van der Waals surface area (Å²) in [5.41, 5.74) is 5.11. The second-order valence-corrected chi connectivity index (χ2v) is 2.48. The number of nitrogens with two attached hydrogens (primary N) is 2. The highest BCUT2D eigenvalue weighted by atomic mass is 16.6. The third kappa shape index (κ3) is 1.96. The van der Waals surface area contributed by atoms with Gasteiger partial charge in [0, 0.05) is 12.1 Å². The number of nitro groups is 1. The third-order valence-electron chi connectivity index (χ3n) is 1.58. The molecule has 7 heteroatoms. The van der Waals surface area contributed by atoms with Crippen LogP contribution in [0.5, 0.6) is 0 Å². The molecule has 0 aliphatic heterocycles. The Morgan fingerprint density at radius 3 is 2.21 bits per heavy atom. The summed E-state index contributed by atoms with van der Waals surface area (Å²) < 4.78 is 0. The second kappa shape index (κ2) is 3.71. The number of hydrazine groups is 1. The van der Waals surface area contributed by atoms with Crippen LogP contribution in [0.3, 0.4) is 0 Å². The van der Waals surface area contributed by atoms with Gasteiger partial charge in [-0.1, -0.05) is 0 Å². The van der Waals surface area contributed by atoms with E-state index in [0.29, 0.717) is 10.7 Å². The van der Waals surface area contributed by atoms with E-state index in [1.165, 1.54) is 24.3 Å². The topological polar surface area (TPSA) is 115 Å². The highest BCUT2D eigenvalue weighted by molar-refractivity contribution is 5.89. The monoisotopic (exact) mass is 196 g/mol. The van der Waals surface area contributed by atoms with Crippen LogP contribution in [-0.4, -0.2) is 11.0 Å². The first-order chi connectivity index (χ1) is 6.52. The van der Waals surface area contributed by atoms with Gasteiger partial charge in [0.1, 0.15) is 0 Å². The van der Waals surface area contributed by atoms with Crippen molar-refractivity contribution < 1.29 is 9.72 Å². The molecule has 0 radical (unpaired) electrons. The van der Waals surface area contributed by atoms with Crippen molar-refractivity contribution in [3.8, 4) is 0 Å². The number of urea groups is 1. The number of hydrogen-bond acceptors (Lipinski definition) is 4. The molecule has 1 rings (SSSR count). The van der Waals surface area contributed by atoms with Gasteiger partial charge in [-0.25, -0.2) is 15.6 Å². The van der Waals surface area contributed by atoms with E-state index in [9.17, 15) is 14.9 Å². The van der Waals surface area contributed by atoms with Gasteiger partial charge in [0.05, 0.1) is 10.6 Å². The largest absolute Gasteiger partial charge is 0.350 e. The maximum absolute atomic E-state index is 10.6. The predicted molar refractivity (Wildman–Crippen MR) is 49.3 cm³/mol. The van der Waals surface area contributed by atoms with Crippen molar-refractivity contribution in [3.05, 3.63) is 34.4 Å². The first-order valence-corrected chi connectivity index (χ1v) is 3.61. The van der Waals surface area contributed by atoms with Crippen LogP contribution >= 0.6 is 0 Å². The van der Waals surface area contributed by atoms with Crippen molar-refractivity contribution in [3.63, 3.8) is 0 Å². The number of primary amides is 1. The average Bonchev–Trinajstić information content (AvgIpc) is 2.16. The van der Waals surface area contributed by atoms with Crippen LogP contribution in [0.2, 0.25) is 0 Å². The van der Waals surface area contributed by atoms with Crippen LogP contribution in [0.1, 0.15) is 0 Å². The summed E-state index contributed by atoms with van der Waals surface area (Å²) in [5.74, 6) is 5.25. The summed E-state index contributed by atoms with van der Waals surface area (Å²) in [6.07, 6.45) is 0. The Kier molecular flexibility index (Phi) is 2.63. The van der Waals surface area contributed by atoms with Crippen molar-refractivity contribution in [1.29, 1.82) is 0 Å². The number of non-ortho nitro benzene ring substituents is 1. The zero-order valence-electron chi connectivity index (χ0n) is 7.08. The molecule has 1 aromatic rings. The van der Waals surface area contributed by atoms with Gasteiger partial charge in [0.2, 0.25) is 0 Å². The van der Waals surface area contributed by atoms with Crippen LogP contribution < -0.4 is 16.6 Å². The van der Waals surface area contributed by atoms with Gasteiger partial charge in [0.15, 0.2) is 0 Å². The molecule has 4 N–H and O–H groups in total. The van der Waals surface area contributed by atoms with Gasteiger partial charge in [-0.15, -0.1) is 0 Å². The normalized spacial score (nSPS) is 9.50. The highest BCUT2D eigenvalue weighted by Gasteiger charge is 2.09. The van der Waals surface area contributed by atoms with Crippen molar-refractivity contribution in [2.75, 3.05) is 5.01 Å². The molecule has 1 aromatic carbocycles. The molecule has 0 bridgehead atoms. The molecule has 0 saturated heterocycles. The number of anilines is 1. The molecule has 0 heterocycles. The summed E-state index contributed by atoms with van der Waals surface area (Å²) in [6.45, 7) is 0. The molecule has 0 fully saturated rings. The molecule has 0 saturated carbocycles. The summed E-state index contributed by atoms with van der Waals surface area (Å²) in [4.78, 5) is 20.3. The van der Waals surface area contributed by atoms with Crippen molar-refractivity contribution in [2.45, 2.75) is 0 Å². The van der Waals surface area contributed by atoms with Gasteiger partial charge < -0.3 is 5.73 Å². The molecule has 14 heavy (non-hydrogen) atoms. The smallest absolute Gasteiger partial charge is 0.333 e. The molecule has 0 aliphatic carbocycles. The summed E-state index contributed by atoms with van der Waals surface area (Å²) in [7, 11) is 0.